The first kappa shape index (κ1) is 14.5. The Kier molecular flexibility index (Phi) is 4.64. The topological polar surface area (TPSA) is 29.5 Å². The summed E-state index contributed by atoms with van der Waals surface area (Å²) in [6, 6.07) is 8.39. The van der Waals surface area contributed by atoms with Crippen molar-refractivity contribution in [3.63, 3.8) is 0 Å². The van der Waals surface area contributed by atoms with Crippen LogP contribution in [0.15, 0.2) is 24.3 Å². The van der Waals surface area contributed by atoms with Crippen molar-refractivity contribution in [1.29, 1.82) is 0 Å². The van der Waals surface area contributed by atoms with Gasteiger partial charge in [0, 0.05) is 6.61 Å². The lowest BCUT2D eigenvalue weighted by Crippen LogP contribution is -2.26. The standard InChI is InChI=1S/C17H26O2/c1-4-17(2,3)14-10-8-13(9-11-14)16(18)15-7-5-6-12-19-15/h8-11,15-16,18H,4-7,12H2,1-3H3. The van der Waals surface area contributed by atoms with Gasteiger partial charge in [-0.1, -0.05) is 45.0 Å². The summed E-state index contributed by atoms with van der Waals surface area (Å²) in [5.74, 6) is 0. The molecule has 2 atom stereocenters. The average molecular weight is 262 g/mol. The molecule has 2 nitrogen and oxygen atoms in total. The number of aliphatic hydroxyl groups excluding tert-OH is 1. The number of hydrogen-bond acceptors (Lipinski definition) is 2. The third-order valence-electron chi connectivity index (χ3n) is 4.48. The van der Waals surface area contributed by atoms with E-state index in [1.54, 1.807) is 0 Å². The molecule has 1 N–H and O–H groups in total. The van der Waals surface area contributed by atoms with Crippen LogP contribution in [0.4, 0.5) is 0 Å². The highest BCUT2D eigenvalue weighted by molar-refractivity contribution is 5.29. The quantitative estimate of drug-likeness (QED) is 0.889. The van der Waals surface area contributed by atoms with Gasteiger partial charge in [-0.25, -0.2) is 0 Å². The molecule has 19 heavy (non-hydrogen) atoms. The maximum absolute atomic E-state index is 10.4. The molecular weight excluding hydrogens is 236 g/mol. The number of ether oxygens (including phenoxy) is 1. The largest absolute Gasteiger partial charge is 0.386 e. The predicted molar refractivity (Wildman–Crippen MR) is 78.3 cm³/mol. The molecule has 2 heteroatoms. The highest BCUT2D eigenvalue weighted by atomic mass is 16.5. The van der Waals surface area contributed by atoms with Gasteiger partial charge in [-0.3, -0.25) is 0 Å². The first-order valence-electron chi connectivity index (χ1n) is 7.44. The van der Waals surface area contributed by atoms with Crippen LogP contribution < -0.4 is 0 Å². The van der Waals surface area contributed by atoms with Crippen LogP contribution in [0.1, 0.15) is 63.7 Å². The summed E-state index contributed by atoms with van der Waals surface area (Å²) in [4.78, 5) is 0. The van der Waals surface area contributed by atoms with Gasteiger partial charge in [-0.05, 0) is 42.2 Å². The van der Waals surface area contributed by atoms with E-state index in [4.69, 9.17) is 4.74 Å². The minimum Gasteiger partial charge on any atom is -0.386 e. The van der Waals surface area contributed by atoms with Gasteiger partial charge in [-0.15, -0.1) is 0 Å². The van der Waals surface area contributed by atoms with Crippen molar-refractivity contribution in [3.05, 3.63) is 35.4 Å². The Balaban J connectivity index is 2.09. The minimum absolute atomic E-state index is 0.0289. The summed E-state index contributed by atoms with van der Waals surface area (Å²) in [5.41, 5.74) is 2.50. The SMILES string of the molecule is CCC(C)(C)c1ccc(C(O)C2CCCCO2)cc1. The molecular formula is C17H26O2. The monoisotopic (exact) mass is 262 g/mol. The predicted octanol–water partition coefficient (Wildman–Crippen LogP) is 3.98. The average Bonchev–Trinajstić information content (AvgIpc) is 2.47. The van der Waals surface area contributed by atoms with Crippen LogP contribution in [0.5, 0.6) is 0 Å². The minimum atomic E-state index is -0.487. The Bertz CT molecular complexity index is 388. The van der Waals surface area contributed by atoms with E-state index in [1.165, 1.54) is 5.56 Å². The molecule has 0 bridgehead atoms. The molecule has 0 amide bonds. The van der Waals surface area contributed by atoms with Gasteiger partial charge < -0.3 is 9.84 Å². The lowest BCUT2D eigenvalue weighted by Gasteiger charge is -2.28. The lowest BCUT2D eigenvalue weighted by molar-refractivity contribution is -0.0633. The molecule has 0 spiro atoms. The first-order valence-corrected chi connectivity index (χ1v) is 7.44. The summed E-state index contributed by atoms with van der Waals surface area (Å²) in [6.07, 6.45) is 3.83. The van der Waals surface area contributed by atoms with Crippen LogP contribution in [0.2, 0.25) is 0 Å². The molecule has 0 saturated carbocycles. The highest BCUT2D eigenvalue weighted by Crippen LogP contribution is 2.30. The number of aliphatic hydroxyl groups is 1. The van der Waals surface area contributed by atoms with Crippen molar-refractivity contribution < 1.29 is 9.84 Å². The molecule has 1 aromatic rings. The van der Waals surface area contributed by atoms with Crippen LogP contribution in [-0.2, 0) is 10.2 Å². The van der Waals surface area contributed by atoms with Gasteiger partial charge >= 0.3 is 0 Å². The van der Waals surface area contributed by atoms with Crippen LogP contribution >= 0.6 is 0 Å². The zero-order valence-electron chi connectivity index (χ0n) is 12.4. The van der Waals surface area contributed by atoms with E-state index in [9.17, 15) is 5.11 Å². The molecule has 2 unspecified atom stereocenters. The fraction of sp³-hybridized carbons (Fsp3) is 0.647. The summed E-state index contributed by atoms with van der Waals surface area (Å²) < 4.78 is 5.66. The van der Waals surface area contributed by atoms with E-state index in [-0.39, 0.29) is 11.5 Å². The fourth-order valence-electron chi connectivity index (χ4n) is 2.56. The first-order chi connectivity index (χ1) is 9.04. The lowest BCUT2D eigenvalue weighted by atomic mass is 9.81. The zero-order chi connectivity index (χ0) is 13.9. The van der Waals surface area contributed by atoms with E-state index in [0.717, 1.165) is 37.9 Å². The summed E-state index contributed by atoms with van der Waals surface area (Å²) in [7, 11) is 0. The summed E-state index contributed by atoms with van der Waals surface area (Å²) in [6.45, 7) is 7.49. The maximum atomic E-state index is 10.4. The molecule has 2 rings (SSSR count). The Morgan fingerprint density at radius 1 is 1.26 bits per heavy atom. The van der Waals surface area contributed by atoms with E-state index in [1.807, 2.05) is 0 Å². The smallest absolute Gasteiger partial charge is 0.105 e. The molecule has 1 fully saturated rings. The number of benzene rings is 1. The second kappa shape index (κ2) is 6.06. The van der Waals surface area contributed by atoms with Gasteiger partial charge in [-0.2, -0.15) is 0 Å². The molecule has 106 valence electrons. The van der Waals surface area contributed by atoms with Gasteiger partial charge in [0.15, 0.2) is 0 Å². The zero-order valence-corrected chi connectivity index (χ0v) is 12.4. The van der Waals surface area contributed by atoms with Gasteiger partial charge in [0.2, 0.25) is 0 Å². The van der Waals surface area contributed by atoms with Crippen LogP contribution in [0, 0.1) is 0 Å². The normalized spacial score (nSPS) is 22.2. The van der Waals surface area contributed by atoms with Crippen molar-refractivity contribution >= 4 is 0 Å². The van der Waals surface area contributed by atoms with Crippen molar-refractivity contribution in [2.45, 2.75) is 64.1 Å². The molecule has 1 aliphatic rings. The van der Waals surface area contributed by atoms with Crippen molar-refractivity contribution in [1.82, 2.24) is 0 Å². The van der Waals surface area contributed by atoms with Gasteiger partial charge in [0.1, 0.15) is 6.10 Å². The Morgan fingerprint density at radius 2 is 1.95 bits per heavy atom. The summed E-state index contributed by atoms with van der Waals surface area (Å²) in [5, 5.41) is 10.4. The number of hydrogen-bond donors (Lipinski definition) is 1. The Hall–Kier alpha value is -0.860. The van der Waals surface area contributed by atoms with E-state index in [0.29, 0.717) is 0 Å². The second-order valence-electron chi connectivity index (χ2n) is 6.21. The van der Waals surface area contributed by atoms with E-state index >= 15 is 0 Å². The molecule has 0 radical (unpaired) electrons. The molecule has 1 aromatic carbocycles. The Morgan fingerprint density at radius 3 is 2.47 bits per heavy atom. The molecule has 0 aliphatic carbocycles. The summed E-state index contributed by atoms with van der Waals surface area (Å²) >= 11 is 0. The van der Waals surface area contributed by atoms with Crippen LogP contribution in [-0.4, -0.2) is 17.8 Å². The molecule has 1 heterocycles. The van der Waals surface area contributed by atoms with Crippen molar-refractivity contribution in [3.8, 4) is 0 Å². The third-order valence-corrected chi connectivity index (χ3v) is 4.48. The van der Waals surface area contributed by atoms with Gasteiger partial charge in [0.25, 0.3) is 0 Å². The number of rotatable bonds is 4. The van der Waals surface area contributed by atoms with Crippen molar-refractivity contribution in [2.75, 3.05) is 6.61 Å². The van der Waals surface area contributed by atoms with E-state index < -0.39 is 6.10 Å². The maximum Gasteiger partial charge on any atom is 0.105 e. The highest BCUT2D eigenvalue weighted by Gasteiger charge is 2.24. The molecule has 1 aliphatic heterocycles. The van der Waals surface area contributed by atoms with Crippen LogP contribution in [0.25, 0.3) is 0 Å². The third kappa shape index (κ3) is 3.37. The fourth-order valence-corrected chi connectivity index (χ4v) is 2.56. The van der Waals surface area contributed by atoms with E-state index in [2.05, 4.69) is 45.0 Å². The Labute approximate surface area is 116 Å². The van der Waals surface area contributed by atoms with Crippen molar-refractivity contribution in [2.24, 2.45) is 0 Å². The van der Waals surface area contributed by atoms with Gasteiger partial charge in [0.05, 0.1) is 6.10 Å². The molecule has 1 saturated heterocycles. The second-order valence-corrected chi connectivity index (χ2v) is 6.21. The molecule has 0 aromatic heterocycles. The van der Waals surface area contributed by atoms with Crippen LogP contribution in [0.3, 0.4) is 0 Å².